The Kier molecular flexibility index (Phi) is 4.10. The predicted octanol–water partition coefficient (Wildman–Crippen LogP) is 4.95. The van der Waals surface area contributed by atoms with Crippen LogP contribution in [-0.2, 0) is 12.8 Å². The van der Waals surface area contributed by atoms with Crippen LogP contribution in [0.5, 0.6) is 0 Å². The van der Waals surface area contributed by atoms with Gasteiger partial charge < -0.3 is 5.32 Å². The van der Waals surface area contributed by atoms with Crippen LogP contribution in [0.25, 0.3) is 0 Å². The molecule has 1 atom stereocenters. The van der Waals surface area contributed by atoms with Gasteiger partial charge in [-0.3, -0.25) is 0 Å². The number of hydrogen-bond acceptors (Lipinski definition) is 1. The average Bonchev–Trinajstić information content (AvgIpc) is 2.89. The average molecular weight is 257 g/mol. The maximum absolute atomic E-state index is 3.79. The molecule has 1 unspecified atom stereocenters. The Hall–Kier alpha value is -0.980. The third-order valence-corrected chi connectivity index (χ3v) is 4.99. The Morgan fingerprint density at radius 3 is 2.79 bits per heavy atom. The van der Waals surface area contributed by atoms with Crippen LogP contribution in [0.15, 0.2) is 18.2 Å². The summed E-state index contributed by atoms with van der Waals surface area (Å²) < 4.78 is 0. The highest BCUT2D eigenvalue weighted by Crippen LogP contribution is 2.35. The Labute approximate surface area is 117 Å². The second kappa shape index (κ2) is 5.98. The highest BCUT2D eigenvalue weighted by Gasteiger charge is 2.28. The van der Waals surface area contributed by atoms with Gasteiger partial charge >= 0.3 is 0 Å². The summed E-state index contributed by atoms with van der Waals surface area (Å²) in [7, 11) is 0. The minimum absolute atomic E-state index is 0.719. The minimum atomic E-state index is 0.719. The van der Waals surface area contributed by atoms with E-state index in [0.717, 1.165) is 12.0 Å². The Balaban J connectivity index is 1.65. The zero-order valence-electron chi connectivity index (χ0n) is 12.3. The quantitative estimate of drug-likeness (QED) is 0.805. The van der Waals surface area contributed by atoms with Crippen molar-refractivity contribution >= 4 is 5.69 Å². The van der Waals surface area contributed by atoms with Gasteiger partial charge in [0.2, 0.25) is 0 Å². The Morgan fingerprint density at radius 2 is 2.00 bits per heavy atom. The second-order valence-corrected chi connectivity index (χ2v) is 6.45. The highest BCUT2D eigenvalue weighted by molar-refractivity contribution is 5.58. The van der Waals surface area contributed by atoms with E-state index >= 15 is 0 Å². The molecule has 1 aromatic rings. The zero-order valence-corrected chi connectivity index (χ0v) is 12.3. The predicted molar refractivity (Wildman–Crippen MR) is 82.7 cm³/mol. The van der Waals surface area contributed by atoms with E-state index in [9.17, 15) is 0 Å². The molecule has 0 spiro atoms. The molecule has 1 fully saturated rings. The summed E-state index contributed by atoms with van der Waals surface area (Å²) in [6, 6.07) is 7.83. The van der Waals surface area contributed by atoms with Gasteiger partial charge in [-0.1, -0.05) is 44.7 Å². The van der Waals surface area contributed by atoms with Crippen molar-refractivity contribution in [2.24, 2.45) is 5.92 Å². The molecular weight excluding hydrogens is 230 g/mol. The molecule has 0 radical (unpaired) electrons. The lowest BCUT2D eigenvalue weighted by molar-refractivity contribution is 0.321. The number of hydrogen-bond donors (Lipinski definition) is 1. The first kappa shape index (κ1) is 13.0. The molecule has 3 rings (SSSR count). The van der Waals surface area contributed by atoms with Crippen molar-refractivity contribution < 1.29 is 0 Å². The molecule has 0 aromatic heterocycles. The normalized spacial score (nSPS) is 23.1. The van der Waals surface area contributed by atoms with Crippen LogP contribution in [0.2, 0.25) is 0 Å². The number of rotatable bonds is 4. The number of unbranched alkanes of at least 4 members (excludes halogenated alkanes) is 1. The maximum Gasteiger partial charge on any atom is 0.0376 e. The van der Waals surface area contributed by atoms with E-state index in [1.54, 1.807) is 5.56 Å². The Bertz CT molecular complexity index is 418. The number of aryl methyl sites for hydroxylation is 1. The fraction of sp³-hybridized carbons (Fsp3) is 0.667. The van der Waals surface area contributed by atoms with Gasteiger partial charge in [-0.15, -0.1) is 0 Å². The first-order chi connectivity index (χ1) is 9.36. The molecule has 1 aromatic carbocycles. The van der Waals surface area contributed by atoms with Crippen molar-refractivity contribution in [2.75, 3.05) is 5.32 Å². The smallest absolute Gasteiger partial charge is 0.0376 e. The third kappa shape index (κ3) is 2.96. The molecule has 1 N–H and O–H groups in total. The first-order valence-electron chi connectivity index (χ1n) is 8.25. The fourth-order valence-electron chi connectivity index (χ4n) is 3.80. The molecular formula is C18H27N. The van der Waals surface area contributed by atoms with Gasteiger partial charge in [0, 0.05) is 11.7 Å². The van der Waals surface area contributed by atoms with Gasteiger partial charge in [0.15, 0.2) is 0 Å². The van der Waals surface area contributed by atoms with Crippen molar-refractivity contribution in [3.8, 4) is 0 Å². The zero-order chi connectivity index (χ0) is 13.1. The standard InChI is InChI=1S/C18H27N/c1-2-3-7-14-10-11-17-16(12-14)13-18(19-17)15-8-5-4-6-9-15/h10-12,15,18-19H,2-9,13H2,1H3. The maximum atomic E-state index is 3.79. The molecule has 1 nitrogen and oxygen atoms in total. The van der Waals surface area contributed by atoms with E-state index in [0.29, 0.717) is 0 Å². The van der Waals surface area contributed by atoms with Crippen LogP contribution in [0.4, 0.5) is 5.69 Å². The van der Waals surface area contributed by atoms with Crippen LogP contribution in [0.1, 0.15) is 63.0 Å². The molecule has 1 heterocycles. The highest BCUT2D eigenvalue weighted by atomic mass is 15.0. The van der Waals surface area contributed by atoms with Gasteiger partial charge in [0.1, 0.15) is 0 Å². The molecule has 1 heteroatoms. The van der Waals surface area contributed by atoms with Crippen molar-refractivity contribution in [1.29, 1.82) is 0 Å². The molecule has 104 valence electrons. The molecule has 0 amide bonds. The number of anilines is 1. The van der Waals surface area contributed by atoms with Crippen LogP contribution in [-0.4, -0.2) is 6.04 Å². The molecule has 0 bridgehead atoms. The number of fused-ring (bicyclic) bond motifs is 1. The van der Waals surface area contributed by atoms with Crippen molar-refractivity contribution in [2.45, 2.75) is 70.8 Å². The van der Waals surface area contributed by atoms with Crippen molar-refractivity contribution in [3.05, 3.63) is 29.3 Å². The SMILES string of the molecule is CCCCc1ccc2c(c1)CC(C1CCCCC1)N2. The summed E-state index contributed by atoms with van der Waals surface area (Å²) >= 11 is 0. The van der Waals surface area contributed by atoms with Crippen LogP contribution in [0.3, 0.4) is 0 Å². The summed E-state index contributed by atoms with van der Waals surface area (Å²) in [6.07, 6.45) is 12.3. The number of nitrogens with one attached hydrogen (secondary N) is 1. The lowest BCUT2D eigenvalue weighted by atomic mass is 9.83. The van der Waals surface area contributed by atoms with E-state index in [2.05, 4.69) is 30.4 Å². The molecule has 0 saturated heterocycles. The Morgan fingerprint density at radius 1 is 1.16 bits per heavy atom. The van der Waals surface area contributed by atoms with Crippen LogP contribution < -0.4 is 5.32 Å². The summed E-state index contributed by atoms with van der Waals surface area (Å²) in [4.78, 5) is 0. The minimum Gasteiger partial charge on any atom is -0.381 e. The topological polar surface area (TPSA) is 12.0 Å². The molecule has 2 aliphatic rings. The second-order valence-electron chi connectivity index (χ2n) is 6.45. The third-order valence-electron chi connectivity index (χ3n) is 4.99. The first-order valence-corrected chi connectivity index (χ1v) is 8.25. The van der Waals surface area contributed by atoms with Crippen molar-refractivity contribution in [3.63, 3.8) is 0 Å². The van der Waals surface area contributed by atoms with E-state index in [4.69, 9.17) is 0 Å². The summed E-state index contributed by atoms with van der Waals surface area (Å²) in [5.74, 6) is 0.917. The lowest BCUT2D eigenvalue weighted by Crippen LogP contribution is -2.28. The summed E-state index contributed by atoms with van der Waals surface area (Å²) in [5.41, 5.74) is 4.52. The van der Waals surface area contributed by atoms with E-state index in [1.807, 2.05) is 0 Å². The van der Waals surface area contributed by atoms with Gasteiger partial charge in [-0.2, -0.15) is 0 Å². The molecule has 19 heavy (non-hydrogen) atoms. The van der Waals surface area contributed by atoms with E-state index in [-0.39, 0.29) is 0 Å². The summed E-state index contributed by atoms with van der Waals surface area (Å²) in [5, 5.41) is 3.79. The molecule has 1 aliphatic carbocycles. The lowest BCUT2D eigenvalue weighted by Gasteiger charge is -2.27. The van der Waals surface area contributed by atoms with Gasteiger partial charge in [0.05, 0.1) is 0 Å². The van der Waals surface area contributed by atoms with Crippen molar-refractivity contribution in [1.82, 2.24) is 0 Å². The van der Waals surface area contributed by atoms with Crippen LogP contribution >= 0.6 is 0 Å². The number of benzene rings is 1. The fourth-order valence-corrected chi connectivity index (χ4v) is 3.80. The van der Waals surface area contributed by atoms with Gasteiger partial charge in [-0.05, 0) is 55.2 Å². The van der Waals surface area contributed by atoms with Gasteiger partial charge in [-0.25, -0.2) is 0 Å². The largest absolute Gasteiger partial charge is 0.381 e. The van der Waals surface area contributed by atoms with Crippen LogP contribution in [0, 0.1) is 5.92 Å². The summed E-state index contributed by atoms with van der Waals surface area (Å²) in [6.45, 7) is 2.27. The van der Waals surface area contributed by atoms with Gasteiger partial charge in [0.25, 0.3) is 0 Å². The van der Waals surface area contributed by atoms with E-state index < -0.39 is 0 Å². The molecule has 1 aliphatic heterocycles. The van der Waals surface area contributed by atoms with E-state index in [1.165, 1.54) is 69.0 Å². The molecule has 1 saturated carbocycles. The monoisotopic (exact) mass is 257 g/mol.